The van der Waals surface area contributed by atoms with Gasteiger partial charge in [-0.2, -0.15) is 0 Å². The fourth-order valence-electron chi connectivity index (χ4n) is 1.77. The summed E-state index contributed by atoms with van der Waals surface area (Å²) in [4.78, 5) is 12.8. The molecule has 2 rings (SSSR count). The van der Waals surface area contributed by atoms with Gasteiger partial charge in [0.15, 0.2) is 0 Å². The molecule has 0 aliphatic heterocycles. The largest absolute Gasteiger partial charge is 0.496 e. The first kappa shape index (κ1) is 14.9. The molecule has 1 aromatic carbocycles. The number of anilines is 1. The normalized spacial score (nSPS) is 10.3. The number of carbonyl (C=O) groups excluding carboxylic acids is 1. The van der Waals surface area contributed by atoms with Crippen molar-refractivity contribution in [3.63, 3.8) is 0 Å². The van der Waals surface area contributed by atoms with Crippen LogP contribution < -0.4 is 15.8 Å². The Morgan fingerprint density at radius 2 is 2.20 bits per heavy atom. The highest BCUT2D eigenvalue weighted by Gasteiger charge is 2.12. The van der Waals surface area contributed by atoms with Gasteiger partial charge in [-0.3, -0.25) is 4.79 Å². The lowest BCUT2D eigenvalue weighted by Crippen LogP contribution is -2.22. The van der Waals surface area contributed by atoms with Crippen LogP contribution in [0.4, 0.5) is 5.69 Å². The standard InChI is InChI=1S/C14H15BrN2O2S/c1-8-5-12(20-13(8)15)14(18)17-7-9-6-10(16)3-4-11(9)19-2/h3-6H,7,16H2,1-2H3,(H,17,18). The van der Waals surface area contributed by atoms with Crippen LogP contribution in [0.15, 0.2) is 28.1 Å². The Bertz CT molecular complexity index is 621. The van der Waals surface area contributed by atoms with Crippen LogP contribution in [0.3, 0.4) is 0 Å². The van der Waals surface area contributed by atoms with Crippen molar-refractivity contribution in [2.75, 3.05) is 12.8 Å². The van der Waals surface area contributed by atoms with Crippen LogP contribution in [0.2, 0.25) is 0 Å². The maximum absolute atomic E-state index is 12.1. The molecule has 6 heteroatoms. The topological polar surface area (TPSA) is 64.3 Å². The molecule has 0 aliphatic rings. The Labute approximate surface area is 130 Å². The van der Waals surface area contributed by atoms with E-state index in [2.05, 4.69) is 21.2 Å². The van der Waals surface area contributed by atoms with Crippen LogP contribution in [0, 0.1) is 6.92 Å². The number of hydrogen-bond acceptors (Lipinski definition) is 4. The average molecular weight is 355 g/mol. The summed E-state index contributed by atoms with van der Waals surface area (Å²) in [6.07, 6.45) is 0. The number of aryl methyl sites for hydroxylation is 1. The third-order valence-corrected chi connectivity index (χ3v) is 4.96. The Hall–Kier alpha value is -1.53. The number of benzene rings is 1. The monoisotopic (exact) mass is 354 g/mol. The number of carbonyl (C=O) groups is 1. The molecule has 3 N–H and O–H groups in total. The third kappa shape index (κ3) is 3.32. The van der Waals surface area contributed by atoms with Gasteiger partial charge in [0.1, 0.15) is 5.75 Å². The highest BCUT2D eigenvalue weighted by atomic mass is 79.9. The van der Waals surface area contributed by atoms with Gasteiger partial charge in [-0.1, -0.05) is 0 Å². The molecular weight excluding hydrogens is 340 g/mol. The van der Waals surface area contributed by atoms with Gasteiger partial charge in [-0.25, -0.2) is 0 Å². The molecule has 2 aromatic rings. The van der Waals surface area contributed by atoms with E-state index in [1.807, 2.05) is 13.0 Å². The first-order valence-electron chi connectivity index (χ1n) is 5.97. The van der Waals surface area contributed by atoms with Crippen molar-refractivity contribution in [3.05, 3.63) is 44.1 Å². The van der Waals surface area contributed by atoms with E-state index in [9.17, 15) is 4.79 Å². The number of methoxy groups -OCH3 is 1. The van der Waals surface area contributed by atoms with Crippen LogP contribution in [0.5, 0.6) is 5.75 Å². The van der Waals surface area contributed by atoms with E-state index in [1.54, 1.807) is 25.3 Å². The lowest BCUT2D eigenvalue weighted by Gasteiger charge is -2.10. The zero-order valence-corrected chi connectivity index (χ0v) is 13.6. The Kier molecular flexibility index (Phi) is 4.67. The number of ether oxygens (including phenoxy) is 1. The molecular formula is C14H15BrN2O2S. The van der Waals surface area contributed by atoms with E-state index in [1.165, 1.54) is 11.3 Å². The lowest BCUT2D eigenvalue weighted by molar-refractivity contribution is 0.0954. The number of nitrogens with one attached hydrogen (secondary N) is 1. The predicted molar refractivity (Wildman–Crippen MR) is 85.3 cm³/mol. The van der Waals surface area contributed by atoms with E-state index >= 15 is 0 Å². The van der Waals surface area contributed by atoms with Gasteiger partial charge in [-0.15, -0.1) is 11.3 Å². The first-order chi connectivity index (χ1) is 9.51. The van der Waals surface area contributed by atoms with Crippen LogP contribution in [-0.4, -0.2) is 13.0 Å². The molecule has 1 amide bonds. The van der Waals surface area contributed by atoms with Crippen molar-refractivity contribution in [1.82, 2.24) is 5.32 Å². The van der Waals surface area contributed by atoms with Gasteiger partial charge in [0.25, 0.3) is 5.91 Å². The van der Waals surface area contributed by atoms with Gasteiger partial charge >= 0.3 is 0 Å². The summed E-state index contributed by atoms with van der Waals surface area (Å²) in [5, 5.41) is 2.87. The average Bonchev–Trinajstić information content (AvgIpc) is 2.76. The molecule has 0 saturated carbocycles. The van der Waals surface area contributed by atoms with Gasteiger partial charge in [0.2, 0.25) is 0 Å². The summed E-state index contributed by atoms with van der Waals surface area (Å²) in [6.45, 7) is 2.33. The quantitative estimate of drug-likeness (QED) is 0.827. The molecule has 0 unspecified atom stereocenters. The molecule has 0 atom stereocenters. The first-order valence-corrected chi connectivity index (χ1v) is 7.58. The van der Waals surface area contributed by atoms with Gasteiger partial charge in [0, 0.05) is 17.8 Å². The molecule has 0 fully saturated rings. The second-order valence-corrected chi connectivity index (χ2v) is 6.69. The van der Waals surface area contributed by atoms with E-state index < -0.39 is 0 Å². The van der Waals surface area contributed by atoms with Crippen LogP contribution in [0.25, 0.3) is 0 Å². The zero-order chi connectivity index (χ0) is 14.7. The molecule has 106 valence electrons. The number of nitrogens with two attached hydrogens (primary N) is 1. The molecule has 0 bridgehead atoms. The zero-order valence-electron chi connectivity index (χ0n) is 11.2. The van der Waals surface area contributed by atoms with Crippen LogP contribution in [0.1, 0.15) is 20.8 Å². The molecule has 0 aliphatic carbocycles. The summed E-state index contributed by atoms with van der Waals surface area (Å²) >= 11 is 4.83. The highest BCUT2D eigenvalue weighted by Crippen LogP contribution is 2.27. The maximum Gasteiger partial charge on any atom is 0.261 e. The Balaban J connectivity index is 2.08. The number of rotatable bonds is 4. The van der Waals surface area contributed by atoms with Crippen molar-refractivity contribution in [2.24, 2.45) is 0 Å². The summed E-state index contributed by atoms with van der Waals surface area (Å²) in [6, 6.07) is 7.22. The lowest BCUT2D eigenvalue weighted by atomic mass is 10.1. The Morgan fingerprint density at radius 3 is 2.80 bits per heavy atom. The van der Waals surface area contributed by atoms with Crippen molar-refractivity contribution in [1.29, 1.82) is 0 Å². The van der Waals surface area contributed by atoms with Crippen molar-refractivity contribution < 1.29 is 9.53 Å². The predicted octanol–water partition coefficient (Wildman–Crippen LogP) is 3.34. The smallest absolute Gasteiger partial charge is 0.261 e. The third-order valence-electron chi connectivity index (χ3n) is 2.82. The maximum atomic E-state index is 12.1. The number of thiophene rings is 1. The van der Waals surface area contributed by atoms with E-state index in [0.29, 0.717) is 22.9 Å². The van der Waals surface area contributed by atoms with E-state index in [0.717, 1.165) is 14.9 Å². The minimum atomic E-state index is -0.103. The minimum Gasteiger partial charge on any atom is -0.496 e. The fourth-order valence-corrected chi connectivity index (χ4v) is 3.22. The molecule has 0 spiro atoms. The van der Waals surface area contributed by atoms with Gasteiger partial charge in [0.05, 0.1) is 15.8 Å². The molecule has 0 saturated heterocycles. The van der Waals surface area contributed by atoms with Crippen LogP contribution in [-0.2, 0) is 6.54 Å². The van der Waals surface area contributed by atoms with Crippen molar-refractivity contribution in [3.8, 4) is 5.75 Å². The van der Waals surface area contributed by atoms with Gasteiger partial charge in [-0.05, 0) is 52.7 Å². The number of hydrogen-bond donors (Lipinski definition) is 2. The second kappa shape index (κ2) is 6.28. The summed E-state index contributed by atoms with van der Waals surface area (Å²) in [5.41, 5.74) is 8.31. The molecule has 20 heavy (non-hydrogen) atoms. The van der Waals surface area contributed by atoms with Gasteiger partial charge < -0.3 is 15.8 Å². The van der Waals surface area contributed by atoms with Crippen LogP contribution >= 0.6 is 27.3 Å². The minimum absolute atomic E-state index is 0.103. The van der Waals surface area contributed by atoms with E-state index in [-0.39, 0.29) is 5.91 Å². The fraction of sp³-hybridized carbons (Fsp3) is 0.214. The SMILES string of the molecule is COc1ccc(N)cc1CNC(=O)c1cc(C)c(Br)s1. The second-order valence-electron chi connectivity index (χ2n) is 4.32. The molecule has 0 radical (unpaired) electrons. The highest BCUT2D eigenvalue weighted by molar-refractivity contribution is 9.11. The van der Waals surface area contributed by atoms with Crippen molar-refractivity contribution >= 4 is 38.9 Å². The number of halogens is 1. The van der Waals surface area contributed by atoms with E-state index in [4.69, 9.17) is 10.5 Å². The summed E-state index contributed by atoms with van der Waals surface area (Å²) < 4.78 is 6.23. The summed E-state index contributed by atoms with van der Waals surface area (Å²) in [5.74, 6) is 0.608. The molecule has 1 heterocycles. The molecule has 4 nitrogen and oxygen atoms in total. The molecule has 1 aromatic heterocycles. The number of nitrogen functional groups attached to an aromatic ring is 1. The summed E-state index contributed by atoms with van der Waals surface area (Å²) in [7, 11) is 1.59. The van der Waals surface area contributed by atoms with Crippen molar-refractivity contribution in [2.45, 2.75) is 13.5 Å². The number of amides is 1. The Morgan fingerprint density at radius 1 is 1.45 bits per heavy atom.